The molecule has 2 N–H and O–H groups in total. The molecule has 1 aromatic carbocycles. The number of nitrogens with zero attached hydrogens (tertiary/aromatic N) is 2. The Hall–Kier alpha value is -1.54. The molecule has 0 saturated heterocycles. The normalized spacial score (nSPS) is 11.3. The van der Waals surface area contributed by atoms with E-state index in [0.717, 1.165) is 12.1 Å². The highest BCUT2D eigenvalue weighted by Gasteiger charge is 2.31. The second kappa shape index (κ2) is 6.07. The topological polar surface area (TPSA) is 49.8 Å². The van der Waals surface area contributed by atoms with E-state index >= 15 is 0 Å². The molecule has 0 bridgehead atoms. The number of nitrogens with one attached hydrogen (secondary N) is 2. The fraction of sp³-hybridized carbons (Fsp3) is 0.167. The third-order valence-corrected chi connectivity index (χ3v) is 3.25. The van der Waals surface area contributed by atoms with E-state index in [4.69, 9.17) is 11.6 Å². The predicted octanol–water partition coefficient (Wildman–Crippen LogP) is 4.70. The van der Waals surface area contributed by atoms with E-state index in [9.17, 15) is 13.2 Å². The van der Waals surface area contributed by atoms with Crippen LogP contribution in [0.15, 0.2) is 28.9 Å². The number of hydrogen-bond acceptors (Lipinski definition) is 4. The van der Waals surface area contributed by atoms with Gasteiger partial charge in [-0.05, 0) is 34.1 Å². The van der Waals surface area contributed by atoms with Gasteiger partial charge in [-0.2, -0.15) is 18.2 Å². The zero-order valence-electron chi connectivity index (χ0n) is 10.6. The lowest BCUT2D eigenvalue weighted by molar-refractivity contribution is -0.137. The average molecular weight is 382 g/mol. The quantitative estimate of drug-likeness (QED) is 0.809. The molecule has 21 heavy (non-hydrogen) atoms. The monoisotopic (exact) mass is 380 g/mol. The first kappa shape index (κ1) is 15.8. The third-order valence-electron chi connectivity index (χ3n) is 2.46. The second-order valence-electron chi connectivity index (χ2n) is 3.99. The molecule has 0 fully saturated rings. The van der Waals surface area contributed by atoms with Gasteiger partial charge in [-0.15, -0.1) is 0 Å². The molecule has 0 amide bonds. The van der Waals surface area contributed by atoms with Gasteiger partial charge in [-0.1, -0.05) is 11.6 Å². The average Bonchev–Trinajstić information content (AvgIpc) is 2.39. The molecule has 4 nitrogen and oxygen atoms in total. The number of benzene rings is 1. The van der Waals surface area contributed by atoms with Crippen molar-refractivity contribution in [2.75, 3.05) is 17.7 Å². The summed E-state index contributed by atoms with van der Waals surface area (Å²) in [6, 6.07) is 3.20. The van der Waals surface area contributed by atoms with Crippen LogP contribution in [0.25, 0.3) is 0 Å². The maximum atomic E-state index is 12.8. The van der Waals surface area contributed by atoms with Crippen molar-refractivity contribution in [3.63, 3.8) is 0 Å². The molecule has 2 rings (SSSR count). The van der Waals surface area contributed by atoms with Crippen LogP contribution in [-0.2, 0) is 6.18 Å². The summed E-state index contributed by atoms with van der Waals surface area (Å²) in [5.41, 5.74) is -0.659. The van der Waals surface area contributed by atoms with E-state index in [1.165, 1.54) is 12.3 Å². The van der Waals surface area contributed by atoms with Crippen molar-refractivity contribution < 1.29 is 13.2 Å². The molecule has 0 aliphatic rings. The minimum absolute atomic E-state index is 0.0219. The van der Waals surface area contributed by atoms with E-state index in [1.54, 1.807) is 7.05 Å². The van der Waals surface area contributed by atoms with Gasteiger partial charge in [0.1, 0.15) is 5.82 Å². The SMILES string of the molecule is CNc1ncc(Br)c(Nc2cc(Cl)cc(C(F)(F)F)c2)n1. The van der Waals surface area contributed by atoms with Gasteiger partial charge in [0.05, 0.1) is 10.0 Å². The first-order chi connectivity index (χ1) is 9.79. The zero-order chi connectivity index (χ0) is 15.6. The number of alkyl halides is 3. The highest BCUT2D eigenvalue weighted by molar-refractivity contribution is 9.10. The number of aromatic nitrogens is 2. The maximum Gasteiger partial charge on any atom is 0.416 e. The molecular weight excluding hydrogens is 373 g/mol. The highest BCUT2D eigenvalue weighted by Crippen LogP contribution is 2.34. The minimum Gasteiger partial charge on any atom is -0.357 e. The van der Waals surface area contributed by atoms with Crippen LogP contribution < -0.4 is 10.6 Å². The molecule has 0 aliphatic carbocycles. The van der Waals surface area contributed by atoms with Gasteiger partial charge < -0.3 is 10.6 Å². The van der Waals surface area contributed by atoms with Gasteiger partial charge >= 0.3 is 6.18 Å². The lowest BCUT2D eigenvalue weighted by atomic mass is 10.2. The first-order valence-electron chi connectivity index (χ1n) is 5.64. The Kier molecular flexibility index (Phi) is 4.58. The van der Waals surface area contributed by atoms with E-state index < -0.39 is 11.7 Å². The van der Waals surface area contributed by atoms with Crippen molar-refractivity contribution in [3.05, 3.63) is 39.5 Å². The van der Waals surface area contributed by atoms with Gasteiger partial charge in [0.25, 0.3) is 0 Å². The summed E-state index contributed by atoms with van der Waals surface area (Å²) >= 11 is 8.95. The van der Waals surface area contributed by atoms with Crippen LogP contribution in [0.5, 0.6) is 0 Å². The maximum absolute atomic E-state index is 12.8. The smallest absolute Gasteiger partial charge is 0.357 e. The van der Waals surface area contributed by atoms with Crippen LogP contribution in [0.1, 0.15) is 5.56 Å². The lowest BCUT2D eigenvalue weighted by Crippen LogP contribution is -2.06. The Morgan fingerprint density at radius 1 is 1.24 bits per heavy atom. The second-order valence-corrected chi connectivity index (χ2v) is 5.28. The fourth-order valence-corrected chi connectivity index (χ4v) is 2.06. The molecule has 0 saturated carbocycles. The molecule has 0 radical (unpaired) electrons. The molecule has 2 aromatic rings. The van der Waals surface area contributed by atoms with Gasteiger partial charge in [-0.3, -0.25) is 0 Å². The van der Waals surface area contributed by atoms with E-state index in [0.29, 0.717) is 16.2 Å². The molecule has 0 spiro atoms. The molecule has 1 heterocycles. The van der Waals surface area contributed by atoms with Crippen molar-refractivity contribution in [2.45, 2.75) is 6.18 Å². The Morgan fingerprint density at radius 3 is 2.57 bits per heavy atom. The Bertz CT molecular complexity index is 663. The van der Waals surface area contributed by atoms with Gasteiger partial charge in [0.15, 0.2) is 0 Å². The summed E-state index contributed by atoms with van der Waals surface area (Å²) in [5.74, 6) is 0.656. The summed E-state index contributed by atoms with van der Waals surface area (Å²) in [5, 5.41) is 5.49. The van der Waals surface area contributed by atoms with E-state index in [2.05, 4.69) is 36.5 Å². The van der Waals surface area contributed by atoms with Crippen molar-refractivity contribution in [1.29, 1.82) is 0 Å². The molecule has 9 heteroatoms. The minimum atomic E-state index is -4.47. The fourth-order valence-electron chi connectivity index (χ4n) is 1.54. The Morgan fingerprint density at radius 2 is 1.95 bits per heavy atom. The molecule has 0 aliphatic heterocycles. The number of halogens is 5. The van der Waals surface area contributed by atoms with Crippen molar-refractivity contribution in [2.24, 2.45) is 0 Å². The number of rotatable bonds is 3. The first-order valence-corrected chi connectivity index (χ1v) is 6.82. The molecule has 112 valence electrons. The molecule has 0 unspecified atom stereocenters. The van der Waals surface area contributed by atoms with Crippen molar-refractivity contribution in [3.8, 4) is 0 Å². The van der Waals surface area contributed by atoms with Crippen LogP contribution in [-0.4, -0.2) is 17.0 Å². The van der Waals surface area contributed by atoms with Crippen LogP contribution in [0.3, 0.4) is 0 Å². The summed E-state index contributed by atoms with van der Waals surface area (Å²) in [6.07, 6.45) is -2.99. The van der Waals surface area contributed by atoms with Crippen molar-refractivity contribution >= 4 is 45.0 Å². The third kappa shape index (κ3) is 3.98. The van der Waals surface area contributed by atoms with Crippen molar-refractivity contribution in [1.82, 2.24) is 9.97 Å². The molecule has 1 aromatic heterocycles. The summed E-state index contributed by atoms with van der Waals surface area (Å²) in [6.45, 7) is 0. The van der Waals surface area contributed by atoms with E-state index in [-0.39, 0.29) is 10.7 Å². The summed E-state index contributed by atoms with van der Waals surface area (Å²) in [4.78, 5) is 8.06. The molecule has 0 atom stereocenters. The highest BCUT2D eigenvalue weighted by atomic mass is 79.9. The van der Waals surface area contributed by atoms with Crippen LogP contribution in [0, 0.1) is 0 Å². The van der Waals surface area contributed by atoms with Crippen LogP contribution >= 0.6 is 27.5 Å². The molecular formula is C12H9BrClF3N4. The van der Waals surface area contributed by atoms with Gasteiger partial charge in [0.2, 0.25) is 5.95 Å². The largest absolute Gasteiger partial charge is 0.416 e. The Balaban J connectivity index is 2.38. The predicted molar refractivity (Wildman–Crippen MR) is 79.0 cm³/mol. The number of anilines is 3. The van der Waals surface area contributed by atoms with Gasteiger partial charge in [-0.25, -0.2) is 4.98 Å². The standard InChI is InChI=1S/C12H9BrClF3N4/c1-18-11-19-5-9(13)10(21-11)20-8-3-6(12(15,16)17)2-7(14)4-8/h2-5H,1H3,(H2,18,19,20,21). The summed E-state index contributed by atoms with van der Waals surface area (Å²) in [7, 11) is 1.63. The van der Waals surface area contributed by atoms with Gasteiger partial charge in [0, 0.05) is 24.0 Å². The zero-order valence-corrected chi connectivity index (χ0v) is 12.9. The van der Waals surface area contributed by atoms with Crippen LogP contribution in [0.4, 0.5) is 30.6 Å². The number of hydrogen-bond donors (Lipinski definition) is 2. The summed E-state index contributed by atoms with van der Waals surface area (Å²) < 4.78 is 38.8. The van der Waals surface area contributed by atoms with E-state index in [1.807, 2.05) is 0 Å². The Labute approximate surface area is 131 Å². The van der Waals surface area contributed by atoms with Crippen LogP contribution in [0.2, 0.25) is 5.02 Å². The lowest BCUT2D eigenvalue weighted by Gasteiger charge is -2.12.